The maximum absolute atomic E-state index is 11.5. The maximum atomic E-state index is 11.5. The lowest BCUT2D eigenvalue weighted by Crippen LogP contribution is -2.24. The van der Waals surface area contributed by atoms with Gasteiger partial charge in [0.05, 0.1) is 5.69 Å². The van der Waals surface area contributed by atoms with E-state index >= 15 is 0 Å². The van der Waals surface area contributed by atoms with Gasteiger partial charge in [-0.2, -0.15) is 0 Å². The number of rotatable bonds is 6. The Morgan fingerprint density at radius 3 is 2.86 bits per heavy atom. The second-order valence-electron chi connectivity index (χ2n) is 4.07. The number of carbonyl (C=O) groups excluding carboxylic acids is 2. The van der Waals surface area contributed by atoms with Gasteiger partial charge in [-0.05, 0) is 11.6 Å². The number of nitrogens with one attached hydrogen (secondary N) is 1. The quantitative estimate of drug-likeness (QED) is 0.833. The van der Waals surface area contributed by atoms with Crippen molar-refractivity contribution >= 4 is 29.8 Å². The first-order chi connectivity index (χ1) is 10.3. The summed E-state index contributed by atoms with van der Waals surface area (Å²) in [7, 11) is 0. The van der Waals surface area contributed by atoms with Gasteiger partial charge in [0.15, 0.2) is 11.3 Å². The molecule has 6 heteroatoms. The zero-order chi connectivity index (χ0) is 14.9. The zero-order valence-electron chi connectivity index (χ0n) is 11.2. The third kappa shape index (κ3) is 5.19. The highest BCUT2D eigenvalue weighted by atomic mass is 32.1. The van der Waals surface area contributed by atoms with Crippen LogP contribution < -0.4 is 5.32 Å². The van der Waals surface area contributed by atoms with Gasteiger partial charge in [-0.25, -0.2) is 9.78 Å². The van der Waals surface area contributed by atoms with Crippen LogP contribution in [-0.2, 0) is 11.3 Å². The summed E-state index contributed by atoms with van der Waals surface area (Å²) in [5, 5.41) is 4.81. The zero-order valence-corrected chi connectivity index (χ0v) is 12.0. The van der Waals surface area contributed by atoms with Crippen molar-refractivity contribution in [1.82, 2.24) is 10.3 Å². The van der Waals surface area contributed by atoms with Gasteiger partial charge in [0.2, 0.25) is 0 Å². The first kappa shape index (κ1) is 14.9. The molecule has 0 unspecified atom stereocenters. The van der Waals surface area contributed by atoms with Crippen LogP contribution in [0.25, 0.3) is 6.08 Å². The summed E-state index contributed by atoms with van der Waals surface area (Å²) < 4.78 is 5.06. The number of nitrogens with zero attached hydrogens (tertiary/aromatic N) is 1. The molecule has 0 aliphatic heterocycles. The van der Waals surface area contributed by atoms with E-state index in [4.69, 9.17) is 4.74 Å². The minimum atomic E-state index is -0.477. The molecule has 0 spiro atoms. The van der Waals surface area contributed by atoms with Crippen molar-refractivity contribution in [3.8, 4) is 0 Å². The van der Waals surface area contributed by atoms with Crippen molar-refractivity contribution in [2.45, 2.75) is 6.61 Å². The van der Waals surface area contributed by atoms with Crippen molar-refractivity contribution in [1.29, 1.82) is 0 Å². The number of aldehydes is 1. The molecule has 0 saturated carbocycles. The number of thiazole rings is 1. The van der Waals surface area contributed by atoms with E-state index in [9.17, 15) is 9.59 Å². The minimum absolute atomic E-state index is 0.241. The van der Waals surface area contributed by atoms with Crippen LogP contribution in [0.4, 0.5) is 4.79 Å². The van der Waals surface area contributed by atoms with Crippen LogP contribution in [0.5, 0.6) is 0 Å². The molecule has 0 bridgehead atoms. The fourth-order valence-corrected chi connectivity index (χ4v) is 2.11. The summed E-state index contributed by atoms with van der Waals surface area (Å²) in [5.74, 6) is 0. The average molecular weight is 302 g/mol. The second kappa shape index (κ2) is 7.96. The van der Waals surface area contributed by atoms with Crippen LogP contribution in [-0.4, -0.2) is 23.9 Å². The Kier molecular flexibility index (Phi) is 5.66. The number of benzene rings is 1. The predicted molar refractivity (Wildman–Crippen MR) is 81.2 cm³/mol. The average Bonchev–Trinajstić information content (AvgIpc) is 2.98. The molecular weight excluding hydrogens is 288 g/mol. The van der Waals surface area contributed by atoms with Crippen LogP contribution in [0.2, 0.25) is 0 Å². The first-order valence-corrected chi connectivity index (χ1v) is 7.17. The molecule has 1 amide bonds. The van der Waals surface area contributed by atoms with E-state index in [0.29, 0.717) is 23.5 Å². The van der Waals surface area contributed by atoms with Gasteiger partial charge in [0, 0.05) is 11.9 Å². The lowest BCUT2D eigenvalue weighted by atomic mass is 10.2. The Labute approximate surface area is 126 Å². The molecule has 1 N–H and O–H groups in total. The van der Waals surface area contributed by atoms with E-state index in [1.165, 1.54) is 11.3 Å². The normalized spacial score (nSPS) is 10.5. The number of hydrogen-bond donors (Lipinski definition) is 1. The summed E-state index contributed by atoms with van der Waals surface area (Å²) in [6.07, 6.45) is 3.71. The van der Waals surface area contributed by atoms with Crippen molar-refractivity contribution in [3.05, 3.63) is 58.1 Å². The first-order valence-electron chi connectivity index (χ1n) is 6.30. The van der Waals surface area contributed by atoms with Gasteiger partial charge in [-0.15, -0.1) is 11.3 Å². The topological polar surface area (TPSA) is 68.3 Å². The summed E-state index contributed by atoms with van der Waals surface area (Å²) in [6.45, 7) is 0.576. The summed E-state index contributed by atoms with van der Waals surface area (Å²) in [6, 6.07) is 9.46. The van der Waals surface area contributed by atoms with Gasteiger partial charge in [0.25, 0.3) is 0 Å². The fourth-order valence-electron chi connectivity index (χ4n) is 1.53. The monoisotopic (exact) mass is 302 g/mol. The smallest absolute Gasteiger partial charge is 0.407 e. The molecule has 2 rings (SSSR count). The van der Waals surface area contributed by atoms with Crippen molar-refractivity contribution in [2.24, 2.45) is 0 Å². The Hall–Kier alpha value is -2.47. The van der Waals surface area contributed by atoms with Crippen molar-refractivity contribution < 1.29 is 14.3 Å². The van der Waals surface area contributed by atoms with Gasteiger partial charge in [0.1, 0.15) is 6.61 Å². The van der Waals surface area contributed by atoms with Gasteiger partial charge >= 0.3 is 6.09 Å². The highest BCUT2D eigenvalue weighted by Gasteiger charge is 2.00. The third-order valence-electron chi connectivity index (χ3n) is 2.51. The van der Waals surface area contributed by atoms with E-state index in [1.54, 1.807) is 17.5 Å². The fraction of sp³-hybridized carbons (Fsp3) is 0.133. The van der Waals surface area contributed by atoms with Crippen LogP contribution in [0.15, 0.2) is 41.8 Å². The van der Waals surface area contributed by atoms with Crippen LogP contribution >= 0.6 is 11.3 Å². The summed E-state index contributed by atoms with van der Waals surface area (Å²) in [5.41, 5.74) is 1.63. The van der Waals surface area contributed by atoms with Crippen LogP contribution in [0, 0.1) is 0 Å². The Balaban J connectivity index is 1.68. The van der Waals surface area contributed by atoms with E-state index in [-0.39, 0.29) is 6.61 Å². The van der Waals surface area contributed by atoms with Gasteiger partial charge < -0.3 is 10.1 Å². The predicted octanol–water partition coefficient (Wildman–Crippen LogP) is 2.90. The molecule has 21 heavy (non-hydrogen) atoms. The molecule has 108 valence electrons. The Bertz CT molecular complexity index is 623. The highest BCUT2D eigenvalue weighted by molar-refractivity contribution is 7.11. The molecule has 0 aliphatic rings. The number of hydrogen-bond acceptors (Lipinski definition) is 5. The Morgan fingerprint density at radius 1 is 1.33 bits per heavy atom. The van der Waals surface area contributed by atoms with Crippen molar-refractivity contribution in [2.75, 3.05) is 6.54 Å². The molecule has 0 aliphatic carbocycles. The van der Waals surface area contributed by atoms with Crippen molar-refractivity contribution in [3.63, 3.8) is 0 Å². The molecule has 0 fully saturated rings. The molecule has 2 aromatic rings. The van der Waals surface area contributed by atoms with Crippen LogP contribution in [0.3, 0.4) is 0 Å². The highest BCUT2D eigenvalue weighted by Crippen LogP contribution is 2.08. The number of carbonyl (C=O) groups is 2. The van der Waals surface area contributed by atoms with Gasteiger partial charge in [-0.1, -0.05) is 36.4 Å². The molecular formula is C15H14N2O3S. The van der Waals surface area contributed by atoms with Gasteiger partial charge in [-0.3, -0.25) is 4.79 Å². The lowest BCUT2D eigenvalue weighted by molar-refractivity contribution is 0.112. The largest absolute Gasteiger partial charge is 0.445 e. The molecule has 5 nitrogen and oxygen atoms in total. The number of alkyl carbamates (subject to hydrolysis) is 1. The molecule has 0 saturated heterocycles. The number of ether oxygens (including phenoxy) is 1. The van der Waals surface area contributed by atoms with E-state index in [1.807, 2.05) is 30.3 Å². The molecule has 0 atom stereocenters. The van der Waals surface area contributed by atoms with E-state index < -0.39 is 6.09 Å². The molecule has 1 heterocycles. The lowest BCUT2D eigenvalue weighted by Gasteiger charge is -2.04. The second-order valence-corrected chi connectivity index (χ2v) is 4.96. The number of aromatic nitrogens is 1. The number of amides is 1. The standard InChI is InChI=1S/C15H14N2O3S/c18-9-14-17-13(11-21-14)7-4-8-16-15(19)20-10-12-5-2-1-3-6-12/h1-7,9,11H,8,10H2,(H,16,19). The molecule has 1 aromatic heterocycles. The van der Waals surface area contributed by atoms with Crippen LogP contribution in [0.1, 0.15) is 21.1 Å². The molecule has 0 radical (unpaired) electrons. The SMILES string of the molecule is O=Cc1nc(C=CCNC(=O)OCc2ccccc2)cs1. The Morgan fingerprint density at radius 2 is 2.14 bits per heavy atom. The maximum Gasteiger partial charge on any atom is 0.407 e. The van der Waals surface area contributed by atoms with E-state index in [2.05, 4.69) is 10.3 Å². The molecule has 1 aromatic carbocycles. The van der Waals surface area contributed by atoms with E-state index in [0.717, 1.165) is 5.56 Å². The summed E-state index contributed by atoms with van der Waals surface area (Å²) >= 11 is 1.28. The minimum Gasteiger partial charge on any atom is -0.445 e. The third-order valence-corrected chi connectivity index (χ3v) is 3.29. The summed E-state index contributed by atoms with van der Waals surface area (Å²) in [4.78, 5) is 26.0.